The van der Waals surface area contributed by atoms with Crippen LogP contribution in [-0.2, 0) is 23.2 Å². The first-order chi connectivity index (χ1) is 18.5. The SMILES string of the molecule is CC(C)(C)OC(=O)NC(C)(C)c1ccc(-c2nc(Nc3ccc(CCn4ccnc4)cc3)ncc2C#N)cc1. The minimum atomic E-state index is -0.664. The fourth-order valence-corrected chi connectivity index (χ4v) is 3.98. The van der Waals surface area contributed by atoms with Gasteiger partial charge in [0.25, 0.3) is 0 Å². The van der Waals surface area contributed by atoms with Gasteiger partial charge in [-0.1, -0.05) is 36.4 Å². The molecule has 0 aliphatic heterocycles. The molecule has 39 heavy (non-hydrogen) atoms. The lowest BCUT2D eigenvalue weighted by Crippen LogP contribution is -2.43. The number of nitriles is 1. The van der Waals surface area contributed by atoms with Crippen LogP contribution in [0.1, 0.15) is 51.3 Å². The predicted octanol–water partition coefficient (Wildman–Crippen LogP) is 5.96. The van der Waals surface area contributed by atoms with E-state index < -0.39 is 17.2 Å². The van der Waals surface area contributed by atoms with E-state index in [1.807, 2.05) is 88.1 Å². The highest BCUT2D eigenvalue weighted by Gasteiger charge is 2.26. The van der Waals surface area contributed by atoms with E-state index in [0.29, 0.717) is 17.2 Å². The lowest BCUT2D eigenvalue weighted by molar-refractivity contribution is 0.0470. The number of alkyl carbamates (subject to hydrolysis) is 1. The van der Waals surface area contributed by atoms with Crippen molar-refractivity contribution in [3.63, 3.8) is 0 Å². The molecule has 9 nitrogen and oxygen atoms in total. The lowest BCUT2D eigenvalue weighted by Gasteiger charge is -2.29. The third-order valence-corrected chi connectivity index (χ3v) is 6.03. The van der Waals surface area contributed by atoms with Gasteiger partial charge in [0.2, 0.25) is 5.95 Å². The second-order valence-corrected chi connectivity index (χ2v) is 10.8. The Morgan fingerprint density at radius 1 is 1.05 bits per heavy atom. The summed E-state index contributed by atoms with van der Waals surface area (Å²) in [4.78, 5) is 25.3. The molecule has 0 unspecified atom stereocenters. The van der Waals surface area contributed by atoms with E-state index in [1.54, 1.807) is 6.20 Å². The van der Waals surface area contributed by atoms with E-state index in [4.69, 9.17) is 4.74 Å². The van der Waals surface area contributed by atoms with Crippen LogP contribution in [0.4, 0.5) is 16.4 Å². The molecule has 0 aliphatic carbocycles. The van der Waals surface area contributed by atoms with Gasteiger partial charge in [-0.25, -0.2) is 19.7 Å². The number of nitrogens with zero attached hydrogens (tertiary/aromatic N) is 5. The number of anilines is 2. The second kappa shape index (κ2) is 11.4. The number of carbonyl (C=O) groups is 1. The molecule has 2 N–H and O–H groups in total. The highest BCUT2D eigenvalue weighted by atomic mass is 16.6. The standard InChI is InChI=1S/C30H33N7O2/c1-29(2,3)39-28(38)36-30(4,5)24-10-8-22(9-11-24)26-23(18-31)19-33-27(35-26)34-25-12-6-21(7-13-25)14-16-37-17-15-32-20-37/h6-13,15,17,19-20H,14,16H2,1-5H3,(H,36,38)(H,33,34,35). The molecule has 2 aromatic heterocycles. The third kappa shape index (κ3) is 7.42. The molecule has 0 bridgehead atoms. The highest BCUT2D eigenvalue weighted by molar-refractivity contribution is 5.70. The number of hydrogen-bond donors (Lipinski definition) is 2. The monoisotopic (exact) mass is 523 g/mol. The summed E-state index contributed by atoms with van der Waals surface area (Å²) in [6.07, 6.45) is 7.47. The third-order valence-electron chi connectivity index (χ3n) is 6.03. The first-order valence-corrected chi connectivity index (χ1v) is 12.7. The average Bonchev–Trinajstić information content (AvgIpc) is 3.41. The number of aryl methyl sites for hydroxylation is 2. The van der Waals surface area contributed by atoms with Gasteiger partial charge in [0.05, 0.1) is 29.3 Å². The van der Waals surface area contributed by atoms with Crippen molar-refractivity contribution in [2.75, 3.05) is 5.32 Å². The number of rotatable bonds is 8. The van der Waals surface area contributed by atoms with Crippen molar-refractivity contribution in [1.29, 1.82) is 5.26 Å². The largest absolute Gasteiger partial charge is 0.444 e. The van der Waals surface area contributed by atoms with Crippen LogP contribution in [0.5, 0.6) is 0 Å². The average molecular weight is 524 g/mol. The number of benzene rings is 2. The summed E-state index contributed by atoms with van der Waals surface area (Å²) in [5.41, 5.74) is 3.36. The second-order valence-electron chi connectivity index (χ2n) is 10.8. The molecule has 4 rings (SSSR count). The van der Waals surface area contributed by atoms with Crippen LogP contribution in [0.15, 0.2) is 73.4 Å². The summed E-state index contributed by atoms with van der Waals surface area (Å²) in [7, 11) is 0. The van der Waals surface area contributed by atoms with Crippen molar-refractivity contribution >= 4 is 17.7 Å². The van der Waals surface area contributed by atoms with Gasteiger partial charge in [-0.3, -0.25) is 0 Å². The normalized spacial score (nSPS) is 11.5. The molecular formula is C30H33N7O2. The minimum Gasteiger partial charge on any atom is -0.444 e. The number of ether oxygens (including phenoxy) is 1. The molecule has 9 heteroatoms. The number of amides is 1. The molecule has 2 heterocycles. The molecule has 0 fully saturated rings. The number of hydrogen-bond acceptors (Lipinski definition) is 7. The molecule has 1 amide bonds. The summed E-state index contributed by atoms with van der Waals surface area (Å²) in [5.74, 6) is 0.395. The van der Waals surface area contributed by atoms with Crippen molar-refractivity contribution in [2.45, 2.75) is 58.7 Å². The zero-order chi connectivity index (χ0) is 28.0. The molecular weight excluding hydrogens is 490 g/mol. The Morgan fingerprint density at radius 2 is 1.77 bits per heavy atom. The van der Waals surface area contributed by atoms with Crippen molar-refractivity contribution < 1.29 is 9.53 Å². The summed E-state index contributed by atoms with van der Waals surface area (Å²) >= 11 is 0. The molecule has 0 atom stereocenters. The van der Waals surface area contributed by atoms with E-state index in [2.05, 4.69) is 43.8 Å². The van der Waals surface area contributed by atoms with Crippen LogP contribution < -0.4 is 10.6 Å². The lowest BCUT2D eigenvalue weighted by atomic mass is 9.93. The molecule has 0 aliphatic rings. The summed E-state index contributed by atoms with van der Waals surface area (Å²) in [5, 5.41) is 15.8. The minimum absolute atomic E-state index is 0.370. The van der Waals surface area contributed by atoms with Crippen LogP contribution >= 0.6 is 0 Å². The highest BCUT2D eigenvalue weighted by Crippen LogP contribution is 2.27. The first kappa shape index (κ1) is 27.3. The summed E-state index contributed by atoms with van der Waals surface area (Å²) in [6, 6.07) is 17.9. The fourth-order valence-electron chi connectivity index (χ4n) is 3.98. The number of aromatic nitrogens is 4. The molecule has 2 aromatic carbocycles. The molecule has 0 radical (unpaired) electrons. The van der Waals surface area contributed by atoms with Gasteiger partial charge in [0.15, 0.2) is 0 Å². The maximum Gasteiger partial charge on any atom is 0.408 e. The van der Waals surface area contributed by atoms with Crippen LogP contribution in [0.3, 0.4) is 0 Å². The van der Waals surface area contributed by atoms with E-state index in [1.165, 1.54) is 11.8 Å². The van der Waals surface area contributed by atoms with Gasteiger partial charge in [-0.05, 0) is 64.3 Å². The van der Waals surface area contributed by atoms with Crippen molar-refractivity contribution in [3.05, 3.63) is 90.1 Å². The van der Waals surface area contributed by atoms with Gasteiger partial charge in [0, 0.05) is 30.2 Å². The van der Waals surface area contributed by atoms with E-state index >= 15 is 0 Å². The summed E-state index contributed by atoms with van der Waals surface area (Å²) < 4.78 is 7.45. The number of carbonyl (C=O) groups excluding carboxylic acids is 1. The molecule has 200 valence electrons. The van der Waals surface area contributed by atoms with Crippen molar-refractivity contribution in [2.24, 2.45) is 0 Å². The Bertz CT molecular complexity index is 1450. The van der Waals surface area contributed by atoms with E-state index in [0.717, 1.165) is 29.8 Å². The molecule has 0 saturated heterocycles. The van der Waals surface area contributed by atoms with Gasteiger partial charge >= 0.3 is 6.09 Å². The Labute approximate surface area is 228 Å². The van der Waals surface area contributed by atoms with Gasteiger partial charge in [-0.2, -0.15) is 5.26 Å². The van der Waals surface area contributed by atoms with Crippen molar-refractivity contribution in [1.82, 2.24) is 24.8 Å². The zero-order valence-corrected chi connectivity index (χ0v) is 22.9. The Balaban J connectivity index is 1.47. The van der Waals surface area contributed by atoms with Gasteiger partial charge in [0.1, 0.15) is 11.7 Å². The van der Waals surface area contributed by atoms with Crippen LogP contribution in [0, 0.1) is 11.3 Å². The quantitative estimate of drug-likeness (QED) is 0.293. The number of nitrogens with one attached hydrogen (secondary N) is 2. The predicted molar refractivity (Wildman–Crippen MR) is 150 cm³/mol. The van der Waals surface area contributed by atoms with Crippen LogP contribution in [-0.4, -0.2) is 31.2 Å². The fraction of sp³-hybridized carbons (Fsp3) is 0.300. The van der Waals surface area contributed by atoms with Crippen molar-refractivity contribution in [3.8, 4) is 17.3 Å². The maximum atomic E-state index is 12.3. The molecule has 4 aromatic rings. The number of imidazole rings is 1. The Morgan fingerprint density at radius 3 is 2.38 bits per heavy atom. The Hall–Kier alpha value is -4.71. The zero-order valence-electron chi connectivity index (χ0n) is 22.9. The van der Waals surface area contributed by atoms with Gasteiger partial charge in [-0.15, -0.1) is 0 Å². The molecule has 0 saturated carbocycles. The topological polar surface area (TPSA) is 118 Å². The van der Waals surface area contributed by atoms with Crippen LogP contribution in [0.25, 0.3) is 11.3 Å². The Kier molecular flexibility index (Phi) is 7.96. The van der Waals surface area contributed by atoms with Gasteiger partial charge < -0.3 is 19.9 Å². The summed E-state index contributed by atoms with van der Waals surface area (Å²) in [6.45, 7) is 10.1. The maximum absolute atomic E-state index is 12.3. The molecule has 0 spiro atoms. The first-order valence-electron chi connectivity index (χ1n) is 12.7. The van der Waals surface area contributed by atoms with Crippen LogP contribution in [0.2, 0.25) is 0 Å². The van der Waals surface area contributed by atoms with E-state index in [-0.39, 0.29) is 0 Å². The van der Waals surface area contributed by atoms with E-state index in [9.17, 15) is 10.1 Å². The smallest absolute Gasteiger partial charge is 0.408 e.